The Morgan fingerprint density at radius 3 is 2.27 bits per heavy atom. The zero-order valence-electron chi connectivity index (χ0n) is 10.7. The number of carbonyl (C=O) groups is 1. The SMILES string of the molecule is CCC.CN1CCC(C(=O)O)CC1(C)C. The molecule has 0 aromatic rings. The Kier molecular flexibility index (Phi) is 5.88. The minimum atomic E-state index is -0.642. The molecule has 1 aliphatic rings. The van der Waals surface area contributed by atoms with Gasteiger partial charge < -0.3 is 10.0 Å². The fourth-order valence-electron chi connectivity index (χ4n) is 1.72. The summed E-state index contributed by atoms with van der Waals surface area (Å²) in [6, 6.07) is 0. The summed E-state index contributed by atoms with van der Waals surface area (Å²) in [5, 5.41) is 8.84. The van der Waals surface area contributed by atoms with Gasteiger partial charge in [0.2, 0.25) is 0 Å². The summed E-state index contributed by atoms with van der Waals surface area (Å²) in [7, 11) is 2.05. The van der Waals surface area contributed by atoms with E-state index in [4.69, 9.17) is 5.11 Å². The Morgan fingerprint density at radius 1 is 1.47 bits per heavy atom. The van der Waals surface area contributed by atoms with Gasteiger partial charge in [-0.2, -0.15) is 0 Å². The summed E-state index contributed by atoms with van der Waals surface area (Å²) in [6.45, 7) is 9.34. The summed E-state index contributed by atoms with van der Waals surface area (Å²) in [5.41, 5.74) is 0.0430. The highest BCUT2D eigenvalue weighted by Gasteiger charge is 2.35. The second-order valence-corrected chi connectivity index (χ2v) is 4.97. The van der Waals surface area contributed by atoms with Crippen molar-refractivity contribution in [2.45, 2.75) is 52.5 Å². The van der Waals surface area contributed by atoms with Crippen molar-refractivity contribution < 1.29 is 9.90 Å². The number of piperidine rings is 1. The lowest BCUT2D eigenvalue weighted by Crippen LogP contribution is -2.48. The minimum Gasteiger partial charge on any atom is -0.481 e. The first-order valence-electron chi connectivity index (χ1n) is 5.79. The van der Waals surface area contributed by atoms with Gasteiger partial charge in [-0.25, -0.2) is 0 Å². The molecule has 15 heavy (non-hydrogen) atoms. The molecule has 1 atom stereocenters. The van der Waals surface area contributed by atoms with Crippen LogP contribution >= 0.6 is 0 Å². The fraction of sp³-hybridized carbons (Fsp3) is 0.917. The van der Waals surface area contributed by atoms with Crippen molar-refractivity contribution in [2.24, 2.45) is 5.92 Å². The molecular formula is C12H25NO2. The average molecular weight is 215 g/mol. The third kappa shape index (κ3) is 4.65. The smallest absolute Gasteiger partial charge is 0.306 e. The van der Waals surface area contributed by atoms with Gasteiger partial charge in [0, 0.05) is 5.54 Å². The number of nitrogens with zero attached hydrogens (tertiary/aromatic N) is 1. The molecule has 1 N–H and O–H groups in total. The third-order valence-electron chi connectivity index (χ3n) is 2.94. The number of aliphatic carboxylic acids is 1. The van der Waals surface area contributed by atoms with E-state index in [1.807, 2.05) is 0 Å². The van der Waals surface area contributed by atoms with E-state index in [2.05, 4.69) is 39.6 Å². The van der Waals surface area contributed by atoms with Gasteiger partial charge in [0.1, 0.15) is 0 Å². The monoisotopic (exact) mass is 215 g/mol. The van der Waals surface area contributed by atoms with Crippen LogP contribution < -0.4 is 0 Å². The van der Waals surface area contributed by atoms with Crippen molar-refractivity contribution in [1.82, 2.24) is 4.90 Å². The number of hydrogen-bond donors (Lipinski definition) is 1. The van der Waals surface area contributed by atoms with Gasteiger partial charge in [0.25, 0.3) is 0 Å². The first kappa shape index (κ1) is 14.4. The van der Waals surface area contributed by atoms with E-state index >= 15 is 0 Å². The van der Waals surface area contributed by atoms with Crippen molar-refractivity contribution in [2.75, 3.05) is 13.6 Å². The first-order chi connectivity index (χ1) is 6.85. The molecule has 3 nitrogen and oxygen atoms in total. The minimum absolute atomic E-state index is 0.0430. The summed E-state index contributed by atoms with van der Waals surface area (Å²) in [5.74, 6) is -0.785. The highest BCUT2D eigenvalue weighted by molar-refractivity contribution is 5.70. The molecule has 0 aromatic carbocycles. The predicted octanol–water partition coefficient (Wildman–Crippen LogP) is 2.61. The molecule has 0 radical (unpaired) electrons. The highest BCUT2D eigenvalue weighted by atomic mass is 16.4. The third-order valence-corrected chi connectivity index (χ3v) is 2.94. The molecule has 1 heterocycles. The van der Waals surface area contributed by atoms with Crippen molar-refractivity contribution >= 4 is 5.97 Å². The number of likely N-dealkylation sites (tertiary alicyclic amines) is 1. The molecule has 0 aliphatic carbocycles. The van der Waals surface area contributed by atoms with E-state index in [0.717, 1.165) is 19.4 Å². The van der Waals surface area contributed by atoms with Crippen LogP contribution in [0, 0.1) is 5.92 Å². The summed E-state index contributed by atoms with van der Waals surface area (Å²) in [6.07, 6.45) is 2.80. The standard InChI is InChI=1S/C9H17NO2.C3H8/c1-9(2)6-7(8(11)12)4-5-10(9)3;1-3-2/h7H,4-6H2,1-3H3,(H,11,12);3H2,1-2H3. The van der Waals surface area contributed by atoms with E-state index in [1.165, 1.54) is 6.42 Å². The van der Waals surface area contributed by atoms with Crippen LogP contribution in [0.3, 0.4) is 0 Å². The van der Waals surface area contributed by atoms with Gasteiger partial charge in [-0.1, -0.05) is 20.3 Å². The van der Waals surface area contributed by atoms with E-state index in [9.17, 15) is 4.79 Å². The van der Waals surface area contributed by atoms with Crippen LogP contribution in [0.5, 0.6) is 0 Å². The van der Waals surface area contributed by atoms with Crippen molar-refractivity contribution in [3.05, 3.63) is 0 Å². The topological polar surface area (TPSA) is 40.5 Å². The largest absolute Gasteiger partial charge is 0.481 e. The maximum atomic E-state index is 10.7. The maximum absolute atomic E-state index is 10.7. The number of hydrogen-bond acceptors (Lipinski definition) is 2. The van der Waals surface area contributed by atoms with Gasteiger partial charge in [0.15, 0.2) is 0 Å². The van der Waals surface area contributed by atoms with Gasteiger partial charge in [-0.05, 0) is 40.3 Å². The van der Waals surface area contributed by atoms with E-state index in [-0.39, 0.29) is 11.5 Å². The Labute approximate surface area is 93.5 Å². The molecule has 0 spiro atoms. The second-order valence-electron chi connectivity index (χ2n) is 4.97. The molecule has 1 fully saturated rings. The number of carboxylic acid groups (broad SMARTS) is 1. The zero-order valence-corrected chi connectivity index (χ0v) is 10.7. The van der Waals surface area contributed by atoms with Crippen LogP contribution in [0.2, 0.25) is 0 Å². The molecule has 0 amide bonds. The summed E-state index contributed by atoms with van der Waals surface area (Å²) >= 11 is 0. The van der Waals surface area contributed by atoms with E-state index in [0.29, 0.717) is 0 Å². The molecule has 1 rings (SSSR count). The Balaban J connectivity index is 0.000000583. The molecule has 1 aliphatic heterocycles. The Hall–Kier alpha value is -0.570. The molecule has 1 saturated heterocycles. The Morgan fingerprint density at radius 2 is 1.93 bits per heavy atom. The normalized spacial score (nSPS) is 25.3. The summed E-state index contributed by atoms with van der Waals surface area (Å²) < 4.78 is 0. The zero-order chi connectivity index (χ0) is 12.1. The lowest BCUT2D eigenvalue weighted by atomic mass is 9.83. The van der Waals surface area contributed by atoms with Crippen LogP contribution in [0.25, 0.3) is 0 Å². The van der Waals surface area contributed by atoms with E-state index < -0.39 is 5.97 Å². The van der Waals surface area contributed by atoms with Crippen molar-refractivity contribution in [3.63, 3.8) is 0 Å². The second kappa shape index (κ2) is 6.11. The fourth-order valence-corrected chi connectivity index (χ4v) is 1.72. The van der Waals surface area contributed by atoms with E-state index in [1.54, 1.807) is 0 Å². The van der Waals surface area contributed by atoms with Crippen molar-refractivity contribution in [1.29, 1.82) is 0 Å². The quantitative estimate of drug-likeness (QED) is 0.731. The van der Waals surface area contributed by atoms with Gasteiger partial charge in [-0.3, -0.25) is 4.79 Å². The average Bonchev–Trinajstić information content (AvgIpc) is 2.10. The molecule has 3 heteroatoms. The molecule has 1 unspecified atom stereocenters. The van der Waals surface area contributed by atoms with Gasteiger partial charge in [0.05, 0.1) is 5.92 Å². The number of carboxylic acids is 1. The lowest BCUT2D eigenvalue weighted by Gasteiger charge is -2.42. The molecule has 0 aromatic heterocycles. The summed E-state index contributed by atoms with van der Waals surface area (Å²) in [4.78, 5) is 13.0. The molecular weight excluding hydrogens is 190 g/mol. The van der Waals surface area contributed by atoms with Crippen molar-refractivity contribution in [3.8, 4) is 0 Å². The molecule has 0 bridgehead atoms. The highest BCUT2D eigenvalue weighted by Crippen LogP contribution is 2.29. The number of rotatable bonds is 1. The van der Waals surface area contributed by atoms with Crippen LogP contribution in [-0.2, 0) is 4.79 Å². The lowest BCUT2D eigenvalue weighted by molar-refractivity contribution is -0.145. The molecule has 0 saturated carbocycles. The molecule has 90 valence electrons. The van der Waals surface area contributed by atoms with Crippen LogP contribution in [-0.4, -0.2) is 35.1 Å². The van der Waals surface area contributed by atoms with Crippen LogP contribution in [0.15, 0.2) is 0 Å². The first-order valence-corrected chi connectivity index (χ1v) is 5.79. The van der Waals surface area contributed by atoms with Crippen LogP contribution in [0.1, 0.15) is 47.0 Å². The van der Waals surface area contributed by atoms with Gasteiger partial charge >= 0.3 is 5.97 Å². The maximum Gasteiger partial charge on any atom is 0.306 e. The van der Waals surface area contributed by atoms with Crippen LogP contribution in [0.4, 0.5) is 0 Å². The van der Waals surface area contributed by atoms with Gasteiger partial charge in [-0.15, -0.1) is 0 Å². The Bertz CT molecular complexity index is 202. The predicted molar refractivity (Wildman–Crippen MR) is 63.0 cm³/mol.